The molecule has 3 rings (SSSR count). The maximum atomic E-state index is 13.5. The lowest BCUT2D eigenvalue weighted by Gasteiger charge is -2.32. The van der Waals surface area contributed by atoms with Crippen molar-refractivity contribution in [3.63, 3.8) is 0 Å². The fraction of sp³-hybridized carbons (Fsp3) is 0.500. The number of hydrogen-bond donors (Lipinski definition) is 1. The highest BCUT2D eigenvalue weighted by atomic mass is 35.5. The highest BCUT2D eigenvalue weighted by Crippen LogP contribution is 2.22. The van der Waals surface area contributed by atoms with Crippen molar-refractivity contribution in [1.29, 1.82) is 0 Å². The molecule has 0 aliphatic heterocycles. The van der Waals surface area contributed by atoms with Crippen molar-refractivity contribution < 1.29 is 18.0 Å². The van der Waals surface area contributed by atoms with Gasteiger partial charge in [0.15, 0.2) is 0 Å². The standard InChI is InChI=1S/C28H38ClN3O4S/c1-4-26(28(34)30-24-10-5-6-11-24)31(20-22-14-16-23(29)17-15-22)27(33)13-8-18-32(37(3,35)36)25-12-7-9-21(2)19-25/h7,9,12,14-17,19,24,26H,4-6,8,10-11,13,18,20H2,1-3H3,(H,30,34)/t26-/m1/s1. The third-order valence-corrected chi connectivity index (χ3v) is 8.24. The van der Waals surface area contributed by atoms with Crippen molar-refractivity contribution in [3.05, 3.63) is 64.7 Å². The predicted octanol–water partition coefficient (Wildman–Crippen LogP) is 5.06. The Morgan fingerprint density at radius 1 is 1.11 bits per heavy atom. The SMILES string of the molecule is CC[C@H](C(=O)NC1CCCC1)N(Cc1ccc(Cl)cc1)C(=O)CCCN(c1cccc(C)c1)S(C)(=O)=O. The van der Waals surface area contributed by atoms with Crippen LogP contribution in [0.2, 0.25) is 5.02 Å². The monoisotopic (exact) mass is 547 g/mol. The van der Waals surface area contributed by atoms with Crippen molar-refractivity contribution in [3.8, 4) is 0 Å². The molecule has 0 unspecified atom stereocenters. The Labute approximate surface area is 226 Å². The highest BCUT2D eigenvalue weighted by molar-refractivity contribution is 7.92. The van der Waals surface area contributed by atoms with Gasteiger partial charge in [0.1, 0.15) is 6.04 Å². The average molecular weight is 548 g/mol. The van der Waals surface area contributed by atoms with Crippen molar-refractivity contribution >= 4 is 39.1 Å². The molecular formula is C28H38ClN3O4S. The number of nitrogens with one attached hydrogen (secondary N) is 1. The summed E-state index contributed by atoms with van der Waals surface area (Å²) in [7, 11) is -3.52. The molecule has 1 aliphatic carbocycles. The van der Waals surface area contributed by atoms with Gasteiger partial charge >= 0.3 is 0 Å². The third kappa shape index (κ3) is 8.47. The average Bonchev–Trinajstić information content (AvgIpc) is 3.35. The minimum Gasteiger partial charge on any atom is -0.352 e. The molecule has 2 aromatic rings. The molecular weight excluding hydrogens is 510 g/mol. The van der Waals surface area contributed by atoms with Gasteiger partial charge in [0.2, 0.25) is 21.8 Å². The molecule has 2 aromatic carbocycles. The maximum Gasteiger partial charge on any atom is 0.243 e. The van der Waals surface area contributed by atoms with Crippen LogP contribution in [-0.4, -0.2) is 50.0 Å². The van der Waals surface area contributed by atoms with Crippen LogP contribution in [0.1, 0.15) is 63.0 Å². The predicted molar refractivity (Wildman–Crippen MR) is 149 cm³/mol. The van der Waals surface area contributed by atoms with Crippen molar-refractivity contribution in [1.82, 2.24) is 10.2 Å². The molecule has 0 heterocycles. The lowest BCUT2D eigenvalue weighted by molar-refractivity contribution is -0.141. The van der Waals surface area contributed by atoms with Crippen LogP contribution in [0.4, 0.5) is 5.69 Å². The van der Waals surface area contributed by atoms with Crippen LogP contribution in [-0.2, 0) is 26.2 Å². The van der Waals surface area contributed by atoms with E-state index in [9.17, 15) is 18.0 Å². The van der Waals surface area contributed by atoms with E-state index in [1.807, 2.05) is 44.2 Å². The molecule has 1 saturated carbocycles. The second-order valence-corrected chi connectivity index (χ2v) is 12.2. The first-order valence-electron chi connectivity index (χ1n) is 13.0. The number of rotatable bonds is 12. The zero-order chi connectivity index (χ0) is 27.0. The number of hydrogen-bond acceptors (Lipinski definition) is 4. The number of anilines is 1. The second-order valence-electron chi connectivity index (χ2n) is 9.84. The lowest BCUT2D eigenvalue weighted by atomic mass is 10.1. The number of carbonyl (C=O) groups is 2. The van der Waals surface area contributed by atoms with Crippen LogP contribution in [0.15, 0.2) is 48.5 Å². The number of aryl methyl sites for hydroxylation is 1. The van der Waals surface area contributed by atoms with Gasteiger partial charge in [0.05, 0.1) is 11.9 Å². The van der Waals surface area contributed by atoms with Gasteiger partial charge in [-0.2, -0.15) is 0 Å². The van der Waals surface area contributed by atoms with E-state index in [-0.39, 0.29) is 37.4 Å². The minimum atomic E-state index is -3.52. The number of carbonyl (C=O) groups excluding carboxylic acids is 2. The van der Waals surface area contributed by atoms with Crippen molar-refractivity contribution in [2.24, 2.45) is 0 Å². The summed E-state index contributed by atoms with van der Waals surface area (Å²) in [5, 5.41) is 3.74. The number of nitrogens with zero attached hydrogens (tertiary/aromatic N) is 2. The van der Waals surface area contributed by atoms with E-state index in [2.05, 4.69) is 5.32 Å². The number of sulfonamides is 1. The molecule has 0 bridgehead atoms. The largest absolute Gasteiger partial charge is 0.352 e. The van der Waals surface area contributed by atoms with Gasteiger partial charge in [0, 0.05) is 30.6 Å². The maximum absolute atomic E-state index is 13.5. The molecule has 9 heteroatoms. The van der Waals surface area contributed by atoms with E-state index in [4.69, 9.17) is 11.6 Å². The molecule has 1 atom stereocenters. The van der Waals surface area contributed by atoms with E-state index >= 15 is 0 Å². The van der Waals surface area contributed by atoms with Crippen LogP contribution < -0.4 is 9.62 Å². The zero-order valence-corrected chi connectivity index (χ0v) is 23.5. The van der Waals surface area contributed by atoms with Gasteiger partial charge in [-0.05, 0) is 68.0 Å². The van der Waals surface area contributed by atoms with Crippen LogP contribution in [0.5, 0.6) is 0 Å². The van der Waals surface area contributed by atoms with Gasteiger partial charge in [-0.25, -0.2) is 8.42 Å². The first-order valence-corrected chi connectivity index (χ1v) is 15.2. The molecule has 37 heavy (non-hydrogen) atoms. The van der Waals surface area contributed by atoms with E-state index in [0.29, 0.717) is 23.6 Å². The molecule has 1 aliphatic rings. The van der Waals surface area contributed by atoms with Crippen molar-refractivity contribution in [2.45, 2.75) is 77.4 Å². The number of amides is 2. The summed E-state index contributed by atoms with van der Waals surface area (Å²) in [6.45, 7) is 4.27. The summed E-state index contributed by atoms with van der Waals surface area (Å²) in [5.74, 6) is -0.310. The minimum absolute atomic E-state index is 0.124. The topological polar surface area (TPSA) is 86.8 Å². The summed E-state index contributed by atoms with van der Waals surface area (Å²) < 4.78 is 26.3. The van der Waals surface area contributed by atoms with Crippen molar-refractivity contribution in [2.75, 3.05) is 17.1 Å². The molecule has 0 spiro atoms. The Bertz CT molecular complexity index is 1160. The van der Waals surface area contributed by atoms with E-state index < -0.39 is 16.1 Å². The Morgan fingerprint density at radius 2 is 1.78 bits per heavy atom. The van der Waals surface area contributed by atoms with Gasteiger partial charge in [-0.15, -0.1) is 0 Å². The summed E-state index contributed by atoms with van der Waals surface area (Å²) in [4.78, 5) is 28.4. The molecule has 0 saturated heterocycles. The normalized spacial score (nSPS) is 14.8. The molecule has 0 radical (unpaired) electrons. The zero-order valence-electron chi connectivity index (χ0n) is 22.0. The first kappa shape index (κ1) is 29.0. The molecule has 2 amide bonds. The fourth-order valence-electron chi connectivity index (χ4n) is 4.86. The van der Waals surface area contributed by atoms with E-state index in [1.54, 1.807) is 23.1 Å². The Morgan fingerprint density at radius 3 is 2.38 bits per heavy atom. The molecule has 7 nitrogen and oxygen atoms in total. The Hall–Kier alpha value is -2.58. The van der Waals surface area contributed by atoms with Crippen LogP contribution in [0.25, 0.3) is 0 Å². The highest BCUT2D eigenvalue weighted by Gasteiger charge is 2.30. The van der Waals surface area contributed by atoms with Crippen LogP contribution in [0, 0.1) is 6.92 Å². The molecule has 1 fully saturated rings. The van der Waals surface area contributed by atoms with Gasteiger partial charge in [-0.3, -0.25) is 13.9 Å². The fourth-order valence-corrected chi connectivity index (χ4v) is 5.94. The Balaban J connectivity index is 1.75. The van der Waals surface area contributed by atoms with Gasteiger partial charge in [0.25, 0.3) is 0 Å². The number of halogens is 1. The number of benzene rings is 2. The summed E-state index contributed by atoms with van der Waals surface area (Å²) in [6, 6.07) is 14.1. The van der Waals surface area contributed by atoms with Gasteiger partial charge in [-0.1, -0.05) is 55.6 Å². The van der Waals surface area contributed by atoms with E-state index in [1.165, 1.54) is 10.6 Å². The van der Waals surface area contributed by atoms with E-state index in [0.717, 1.165) is 36.8 Å². The second kappa shape index (κ2) is 13.3. The molecule has 1 N–H and O–H groups in total. The van der Waals surface area contributed by atoms with Gasteiger partial charge < -0.3 is 10.2 Å². The summed E-state index contributed by atoms with van der Waals surface area (Å²) in [5.41, 5.74) is 2.41. The Kier molecular flexibility index (Phi) is 10.4. The molecule has 202 valence electrons. The third-order valence-electron chi connectivity index (χ3n) is 6.80. The van der Waals surface area contributed by atoms with Crippen LogP contribution >= 0.6 is 11.6 Å². The lowest BCUT2D eigenvalue weighted by Crippen LogP contribution is -2.51. The summed E-state index contributed by atoms with van der Waals surface area (Å²) >= 11 is 6.04. The quantitative estimate of drug-likeness (QED) is 0.402. The molecule has 0 aromatic heterocycles. The van der Waals surface area contributed by atoms with Crippen LogP contribution in [0.3, 0.4) is 0 Å². The first-order chi connectivity index (χ1) is 17.6. The summed E-state index contributed by atoms with van der Waals surface area (Å²) in [6.07, 6.45) is 6.25. The smallest absolute Gasteiger partial charge is 0.243 e.